The van der Waals surface area contributed by atoms with Crippen LogP contribution in [0.1, 0.15) is 43.6 Å². The number of aryl methyl sites for hydroxylation is 3. The number of pyridine rings is 1. The van der Waals surface area contributed by atoms with Gasteiger partial charge in [0.1, 0.15) is 17.1 Å². The van der Waals surface area contributed by atoms with Crippen molar-refractivity contribution in [1.29, 1.82) is 0 Å². The lowest BCUT2D eigenvalue weighted by Gasteiger charge is -2.06. The average Bonchev–Trinajstić information content (AvgIpc) is 2.77. The quantitative estimate of drug-likeness (QED) is 0.900. The molecule has 0 aliphatic carbocycles. The third-order valence-corrected chi connectivity index (χ3v) is 3.09. The standard InChI is InChI=1S/C15H16N2O4/c1-8-4-5-12(9(2)17-8)14(18)16-7-11-6-13(15(19)20)10(3)21-11/h4-6H,7H2,1-3H3,(H,16,18)(H,19,20). The van der Waals surface area contributed by atoms with E-state index in [2.05, 4.69) is 10.3 Å². The Kier molecular flexibility index (Phi) is 4.07. The smallest absolute Gasteiger partial charge is 0.339 e. The molecule has 0 saturated carbocycles. The van der Waals surface area contributed by atoms with E-state index in [0.717, 1.165) is 5.69 Å². The Hall–Kier alpha value is -2.63. The number of rotatable bonds is 4. The van der Waals surface area contributed by atoms with Crippen molar-refractivity contribution in [2.75, 3.05) is 0 Å². The van der Waals surface area contributed by atoms with Crippen molar-refractivity contribution < 1.29 is 19.1 Å². The molecule has 21 heavy (non-hydrogen) atoms. The molecule has 2 N–H and O–H groups in total. The van der Waals surface area contributed by atoms with Gasteiger partial charge < -0.3 is 14.8 Å². The minimum absolute atomic E-state index is 0.104. The normalized spacial score (nSPS) is 10.4. The number of carbonyl (C=O) groups is 2. The maximum atomic E-state index is 12.1. The molecule has 2 rings (SSSR count). The van der Waals surface area contributed by atoms with Crippen molar-refractivity contribution in [3.05, 3.63) is 52.2 Å². The van der Waals surface area contributed by atoms with Crippen LogP contribution in [0.25, 0.3) is 0 Å². The predicted octanol–water partition coefficient (Wildman–Crippen LogP) is 2.23. The second-order valence-corrected chi connectivity index (χ2v) is 4.76. The first-order valence-corrected chi connectivity index (χ1v) is 6.43. The molecule has 2 heterocycles. The lowest BCUT2D eigenvalue weighted by Crippen LogP contribution is -2.23. The summed E-state index contributed by atoms with van der Waals surface area (Å²) in [6.07, 6.45) is 0. The van der Waals surface area contributed by atoms with Gasteiger partial charge in [0.05, 0.1) is 17.8 Å². The van der Waals surface area contributed by atoms with Crippen LogP contribution in [0.5, 0.6) is 0 Å². The molecule has 1 amide bonds. The zero-order valence-electron chi connectivity index (χ0n) is 12.1. The molecule has 0 aromatic carbocycles. The molecule has 0 bridgehead atoms. The monoisotopic (exact) mass is 288 g/mol. The van der Waals surface area contributed by atoms with Crippen molar-refractivity contribution in [2.45, 2.75) is 27.3 Å². The Balaban J connectivity index is 2.07. The van der Waals surface area contributed by atoms with E-state index in [9.17, 15) is 9.59 Å². The van der Waals surface area contributed by atoms with Crippen molar-refractivity contribution >= 4 is 11.9 Å². The second-order valence-electron chi connectivity index (χ2n) is 4.76. The fraction of sp³-hybridized carbons (Fsp3) is 0.267. The number of aromatic carboxylic acids is 1. The van der Waals surface area contributed by atoms with E-state index in [1.54, 1.807) is 26.0 Å². The lowest BCUT2D eigenvalue weighted by atomic mass is 10.1. The number of carboxylic acids is 1. The molecule has 0 aliphatic heterocycles. The Morgan fingerprint density at radius 2 is 1.95 bits per heavy atom. The highest BCUT2D eigenvalue weighted by molar-refractivity contribution is 5.95. The molecular formula is C15H16N2O4. The fourth-order valence-corrected chi connectivity index (χ4v) is 2.03. The minimum atomic E-state index is -1.05. The zero-order valence-corrected chi connectivity index (χ0v) is 12.1. The fourth-order valence-electron chi connectivity index (χ4n) is 2.03. The van der Waals surface area contributed by atoms with Gasteiger partial charge in [0.25, 0.3) is 5.91 Å². The van der Waals surface area contributed by atoms with E-state index in [4.69, 9.17) is 9.52 Å². The maximum absolute atomic E-state index is 12.1. The molecular weight excluding hydrogens is 272 g/mol. The zero-order chi connectivity index (χ0) is 15.6. The number of nitrogens with zero attached hydrogens (tertiary/aromatic N) is 1. The summed E-state index contributed by atoms with van der Waals surface area (Å²) >= 11 is 0. The summed E-state index contributed by atoms with van der Waals surface area (Å²) in [6.45, 7) is 5.32. The second kappa shape index (κ2) is 5.78. The molecule has 0 aliphatic rings. The maximum Gasteiger partial charge on any atom is 0.339 e. The van der Waals surface area contributed by atoms with Crippen LogP contribution in [0.4, 0.5) is 0 Å². The largest absolute Gasteiger partial charge is 0.478 e. The molecule has 110 valence electrons. The van der Waals surface area contributed by atoms with Gasteiger partial charge in [-0.2, -0.15) is 0 Å². The van der Waals surface area contributed by atoms with Gasteiger partial charge in [-0.25, -0.2) is 4.79 Å². The molecule has 0 atom stereocenters. The van der Waals surface area contributed by atoms with Crippen molar-refractivity contribution in [3.63, 3.8) is 0 Å². The highest BCUT2D eigenvalue weighted by Gasteiger charge is 2.15. The van der Waals surface area contributed by atoms with Gasteiger partial charge in [0, 0.05) is 5.69 Å². The number of hydrogen-bond donors (Lipinski definition) is 2. The summed E-state index contributed by atoms with van der Waals surface area (Å²) in [4.78, 5) is 27.2. The molecule has 6 nitrogen and oxygen atoms in total. The van der Waals surface area contributed by atoms with Crippen molar-refractivity contribution in [2.24, 2.45) is 0 Å². The number of carbonyl (C=O) groups excluding carboxylic acids is 1. The van der Waals surface area contributed by atoms with E-state index in [1.165, 1.54) is 6.07 Å². The Bertz CT molecular complexity index is 704. The van der Waals surface area contributed by atoms with E-state index >= 15 is 0 Å². The third kappa shape index (κ3) is 3.28. The van der Waals surface area contributed by atoms with Crippen LogP contribution in [0.15, 0.2) is 22.6 Å². The summed E-state index contributed by atoms with van der Waals surface area (Å²) in [5.41, 5.74) is 2.08. The molecule has 0 unspecified atom stereocenters. The topological polar surface area (TPSA) is 92.4 Å². The van der Waals surface area contributed by atoms with Crippen molar-refractivity contribution in [3.8, 4) is 0 Å². The third-order valence-electron chi connectivity index (χ3n) is 3.09. The molecule has 0 spiro atoms. The van der Waals surface area contributed by atoms with Gasteiger partial charge in [-0.15, -0.1) is 0 Å². The van der Waals surface area contributed by atoms with Crippen LogP contribution in [0.3, 0.4) is 0 Å². The van der Waals surface area contributed by atoms with E-state index < -0.39 is 5.97 Å². The van der Waals surface area contributed by atoms with Crippen LogP contribution in [0.2, 0.25) is 0 Å². The van der Waals surface area contributed by atoms with Gasteiger partial charge >= 0.3 is 5.97 Å². The minimum Gasteiger partial charge on any atom is -0.478 e. The van der Waals surface area contributed by atoms with E-state index in [0.29, 0.717) is 22.8 Å². The summed E-state index contributed by atoms with van der Waals surface area (Å²) in [7, 11) is 0. The van der Waals surface area contributed by atoms with Crippen LogP contribution < -0.4 is 5.32 Å². The predicted molar refractivity (Wildman–Crippen MR) is 75.3 cm³/mol. The Morgan fingerprint density at radius 3 is 2.52 bits per heavy atom. The molecule has 0 radical (unpaired) electrons. The van der Waals surface area contributed by atoms with Crippen LogP contribution >= 0.6 is 0 Å². The van der Waals surface area contributed by atoms with Crippen molar-refractivity contribution in [1.82, 2.24) is 10.3 Å². The van der Waals surface area contributed by atoms with Crippen LogP contribution in [-0.4, -0.2) is 22.0 Å². The molecule has 2 aromatic heterocycles. The van der Waals surface area contributed by atoms with Crippen LogP contribution in [0, 0.1) is 20.8 Å². The number of hydrogen-bond acceptors (Lipinski definition) is 4. The molecule has 2 aromatic rings. The molecule has 0 saturated heterocycles. The summed E-state index contributed by atoms with van der Waals surface area (Å²) < 4.78 is 5.30. The Morgan fingerprint density at radius 1 is 1.24 bits per heavy atom. The van der Waals surface area contributed by atoms with Gasteiger partial charge in [-0.05, 0) is 39.0 Å². The number of aromatic nitrogens is 1. The summed E-state index contributed by atoms with van der Waals surface area (Å²) in [5, 5.41) is 11.6. The van der Waals surface area contributed by atoms with Gasteiger partial charge in [0.2, 0.25) is 0 Å². The first-order valence-electron chi connectivity index (χ1n) is 6.43. The number of amides is 1. The highest BCUT2D eigenvalue weighted by Crippen LogP contribution is 2.15. The number of carboxylic acid groups (broad SMARTS) is 1. The molecule has 6 heteroatoms. The number of nitrogens with one attached hydrogen (secondary N) is 1. The van der Waals surface area contributed by atoms with Gasteiger partial charge in [-0.1, -0.05) is 0 Å². The van der Waals surface area contributed by atoms with Crippen LogP contribution in [-0.2, 0) is 6.54 Å². The first-order chi connectivity index (χ1) is 9.88. The highest BCUT2D eigenvalue weighted by atomic mass is 16.4. The lowest BCUT2D eigenvalue weighted by molar-refractivity contribution is 0.0694. The van der Waals surface area contributed by atoms with E-state index in [-0.39, 0.29) is 18.0 Å². The van der Waals surface area contributed by atoms with E-state index in [1.807, 2.05) is 6.92 Å². The first kappa shape index (κ1) is 14.8. The SMILES string of the molecule is Cc1ccc(C(=O)NCc2cc(C(=O)O)c(C)o2)c(C)n1. The molecule has 0 fully saturated rings. The van der Waals surface area contributed by atoms with Gasteiger partial charge in [-0.3, -0.25) is 9.78 Å². The van der Waals surface area contributed by atoms with Gasteiger partial charge in [0.15, 0.2) is 0 Å². The number of furan rings is 1. The Labute approximate surface area is 121 Å². The summed E-state index contributed by atoms with van der Waals surface area (Å²) in [6, 6.07) is 4.89. The summed E-state index contributed by atoms with van der Waals surface area (Å²) in [5.74, 6) is -0.603. The average molecular weight is 288 g/mol.